The Labute approximate surface area is 167 Å². The summed E-state index contributed by atoms with van der Waals surface area (Å²) in [5.74, 6) is -0.416. The van der Waals surface area contributed by atoms with Crippen LogP contribution in [0.1, 0.15) is 20.8 Å². The molecule has 142 valence electrons. The van der Waals surface area contributed by atoms with Gasteiger partial charge in [-0.2, -0.15) is 5.26 Å². The Hall–Kier alpha value is -3.15. The lowest BCUT2D eigenvalue weighted by molar-refractivity contribution is 0.103. The van der Waals surface area contributed by atoms with E-state index in [4.69, 9.17) is 5.26 Å². The summed E-state index contributed by atoms with van der Waals surface area (Å²) in [5, 5.41) is 13.2. The van der Waals surface area contributed by atoms with Crippen molar-refractivity contribution >= 4 is 38.6 Å². The monoisotopic (exact) mass is 411 g/mol. The molecule has 0 aliphatic heterocycles. The third-order valence-corrected chi connectivity index (χ3v) is 6.83. The van der Waals surface area contributed by atoms with Crippen LogP contribution in [0, 0.1) is 18.3 Å². The summed E-state index contributed by atoms with van der Waals surface area (Å²) in [6.45, 7) is 1.88. The van der Waals surface area contributed by atoms with Gasteiger partial charge in [-0.15, -0.1) is 11.3 Å². The molecule has 0 spiro atoms. The lowest BCUT2D eigenvalue weighted by Gasteiger charge is -2.20. The average molecular weight is 412 g/mol. The van der Waals surface area contributed by atoms with E-state index >= 15 is 0 Å². The number of carbonyl (C=O) groups is 1. The Morgan fingerprint density at radius 3 is 2.32 bits per heavy atom. The molecule has 0 saturated heterocycles. The number of nitriles is 1. The summed E-state index contributed by atoms with van der Waals surface area (Å²) in [7, 11) is -2.37. The molecule has 0 bridgehead atoms. The van der Waals surface area contributed by atoms with Crippen LogP contribution in [0.5, 0.6) is 0 Å². The largest absolute Gasteiger partial charge is 0.321 e. The van der Waals surface area contributed by atoms with E-state index in [0.717, 1.165) is 21.2 Å². The van der Waals surface area contributed by atoms with Gasteiger partial charge in [0.25, 0.3) is 15.9 Å². The lowest BCUT2D eigenvalue weighted by atomic mass is 10.2. The first-order valence-electron chi connectivity index (χ1n) is 8.27. The van der Waals surface area contributed by atoms with Crippen molar-refractivity contribution in [2.24, 2.45) is 0 Å². The van der Waals surface area contributed by atoms with Gasteiger partial charge in [-0.1, -0.05) is 17.7 Å². The second kappa shape index (κ2) is 7.84. The van der Waals surface area contributed by atoms with Crippen LogP contribution in [-0.4, -0.2) is 21.4 Å². The molecule has 0 aliphatic rings. The van der Waals surface area contributed by atoms with E-state index in [9.17, 15) is 13.2 Å². The molecule has 3 rings (SSSR count). The molecule has 1 heterocycles. The Morgan fingerprint density at radius 2 is 1.71 bits per heavy atom. The number of anilines is 2. The number of sulfonamides is 1. The summed E-state index contributed by atoms with van der Waals surface area (Å²) in [6.07, 6.45) is 0. The van der Waals surface area contributed by atoms with Crippen molar-refractivity contribution in [3.8, 4) is 6.07 Å². The van der Waals surface area contributed by atoms with E-state index in [2.05, 4.69) is 5.32 Å². The van der Waals surface area contributed by atoms with Crippen LogP contribution < -0.4 is 9.62 Å². The van der Waals surface area contributed by atoms with Gasteiger partial charge in [0.15, 0.2) is 0 Å². The number of carbonyl (C=O) groups excluding carboxylic acids is 1. The minimum absolute atomic E-state index is 0.158. The standard InChI is InChI=1S/C20H17N3O3S2/c1-14-3-9-17(10-4-14)28(25,26)23(2)18-11-12-27-19(18)20(24)22-16-7-5-15(13-21)6-8-16/h3-12H,1-2H3,(H,22,24). The fourth-order valence-corrected chi connectivity index (χ4v) is 4.62. The van der Waals surface area contributed by atoms with E-state index in [-0.39, 0.29) is 9.77 Å². The minimum atomic E-state index is -3.79. The number of nitrogens with one attached hydrogen (secondary N) is 1. The SMILES string of the molecule is Cc1ccc(S(=O)(=O)N(C)c2ccsc2C(=O)Nc2ccc(C#N)cc2)cc1. The Kier molecular flexibility index (Phi) is 5.49. The molecule has 0 atom stereocenters. The summed E-state index contributed by atoms with van der Waals surface area (Å²) in [6, 6.07) is 16.6. The molecule has 1 N–H and O–H groups in total. The van der Waals surface area contributed by atoms with E-state index in [0.29, 0.717) is 16.9 Å². The molecule has 3 aromatic rings. The first-order chi connectivity index (χ1) is 13.3. The molecule has 8 heteroatoms. The normalized spacial score (nSPS) is 10.9. The molecule has 0 radical (unpaired) electrons. The second-order valence-electron chi connectivity index (χ2n) is 6.06. The zero-order valence-corrected chi connectivity index (χ0v) is 16.8. The van der Waals surface area contributed by atoms with E-state index in [1.54, 1.807) is 60.0 Å². The van der Waals surface area contributed by atoms with Crippen LogP contribution in [0.15, 0.2) is 64.9 Å². The van der Waals surface area contributed by atoms with Crippen LogP contribution in [0.2, 0.25) is 0 Å². The van der Waals surface area contributed by atoms with E-state index < -0.39 is 15.9 Å². The number of thiophene rings is 1. The number of aryl methyl sites for hydroxylation is 1. The van der Waals surface area contributed by atoms with Crippen LogP contribution in [-0.2, 0) is 10.0 Å². The maximum atomic E-state index is 12.9. The zero-order chi connectivity index (χ0) is 20.3. The van der Waals surface area contributed by atoms with Crippen LogP contribution in [0.25, 0.3) is 0 Å². The number of nitrogens with zero attached hydrogens (tertiary/aromatic N) is 2. The van der Waals surface area contributed by atoms with Gasteiger partial charge in [-0.3, -0.25) is 9.10 Å². The number of hydrogen-bond donors (Lipinski definition) is 1. The van der Waals surface area contributed by atoms with E-state index in [1.807, 2.05) is 13.0 Å². The van der Waals surface area contributed by atoms with Crippen molar-refractivity contribution in [2.45, 2.75) is 11.8 Å². The first-order valence-corrected chi connectivity index (χ1v) is 10.6. The molecular weight excluding hydrogens is 394 g/mol. The van der Waals surface area contributed by atoms with Gasteiger partial charge in [0.05, 0.1) is 22.2 Å². The topological polar surface area (TPSA) is 90.3 Å². The van der Waals surface area contributed by atoms with Crippen LogP contribution >= 0.6 is 11.3 Å². The van der Waals surface area contributed by atoms with Crippen LogP contribution in [0.3, 0.4) is 0 Å². The molecule has 0 saturated carbocycles. The predicted molar refractivity (Wildman–Crippen MR) is 110 cm³/mol. The number of benzene rings is 2. The molecule has 1 aromatic heterocycles. The number of amides is 1. The molecule has 6 nitrogen and oxygen atoms in total. The highest BCUT2D eigenvalue weighted by Gasteiger charge is 2.26. The predicted octanol–water partition coefficient (Wildman–Crippen LogP) is 4.01. The Balaban J connectivity index is 1.86. The summed E-state index contributed by atoms with van der Waals surface area (Å²) in [4.78, 5) is 13.1. The smallest absolute Gasteiger partial charge is 0.267 e. The maximum absolute atomic E-state index is 12.9. The summed E-state index contributed by atoms with van der Waals surface area (Å²) in [5.41, 5.74) is 2.27. The van der Waals surface area contributed by atoms with Crippen molar-refractivity contribution in [1.82, 2.24) is 0 Å². The molecule has 2 aromatic carbocycles. The quantitative estimate of drug-likeness (QED) is 0.687. The second-order valence-corrected chi connectivity index (χ2v) is 8.95. The molecular formula is C20H17N3O3S2. The van der Waals surface area contributed by atoms with Gasteiger partial charge < -0.3 is 5.32 Å². The maximum Gasteiger partial charge on any atom is 0.267 e. The molecule has 1 amide bonds. The third kappa shape index (κ3) is 3.91. The highest BCUT2D eigenvalue weighted by Crippen LogP contribution is 2.30. The Bertz CT molecular complexity index is 1140. The highest BCUT2D eigenvalue weighted by atomic mass is 32.2. The van der Waals surface area contributed by atoms with Gasteiger partial charge in [0, 0.05) is 12.7 Å². The van der Waals surface area contributed by atoms with Crippen molar-refractivity contribution in [1.29, 1.82) is 5.26 Å². The van der Waals surface area contributed by atoms with Gasteiger partial charge in [0.2, 0.25) is 0 Å². The van der Waals surface area contributed by atoms with Crippen molar-refractivity contribution in [2.75, 3.05) is 16.7 Å². The number of hydrogen-bond acceptors (Lipinski definition) is 5. The molecule has 0 fully saturated rings. The van der Waals surface area contributed by atoms with Gasteiger partial charge in [-0.05, 0) is 54.8 Å². The Morgan fingerprint density at radius 1 is 1.07 bits per heavy atom. The number of rotatable bonds is 5. The first kappa shape index (κ1) is 19.6. The van der Waals surface area contributed by atoms with Crippen molar-refractivity contribution in [3.05, 3.63) is 76.0 Å². The molecule has 28 heavy (non-hydrogen) atoms. The average Bonchev–Trinajstić information content (AvgIpc) is 3.18. The highest BCUT2D eigenvalue weighted by molar-refractivity contribution is 7.92. The van der Waals surface area contributed by atoms with E-state index in [1.165, 1.54) is 7.05 Å². The third-order valence-electron chi connectivity index (χ3n) is 4.14. The van der Waals surface area contributed by atoms with Gasteiger partial charge in [-0.25, -0.2) is 8.42 Å². The van der Waals surface area contributed by atoms with Crippen molar-refractivity contribution in [3.63, 3.8) is 0 Å². The summed E-state index contributed by atoms with van der Waals surface area (Å²) < 4.78 is 26.9. The lowest BCUT2D eigenvalue weighted by Crippen LogP contribution is -2.28. The van der Waals surface area contributed by atoms with Gasteiger partial charge in [0.1, 0.15) is 4.88 Å². The minimum Gasteiger partial charge on any atom is -0.321 e. The fourth-order valence-electron chi connectivity index (χ4n) is 2.53. The van der Waals surface area contributed by atoms with Crippen molar-refractivity contribution < 1.29 is 13.2 Å². The fraction of sp³-hybridized carbons (Fsp3) is 0.100. The summed E-state index contributed by atoms with van der Waals surface area (Å²) >= 11 is 1.16. The molecule has 0 aliphatic carbocycles. The van der Waals surface area contributed by atoms with Crippen LogP contribution in [0.4, 0.5) is 11.4 Å². The molecule has 0 unspecified atom stereocenters. The van der Waals surface area contributed by atoms with Gasteiger partial charge >= 0.3 is 0 Å². The zero-order valence-electron chi connectivity index (χ0n) is 15.2.